The van der Waals surface area contributed by atoms with Crippen molar-refractivity contribution in [2.24, 2.45) is 0 Å². The van der Waals surface area contributed by atoms with Crippen LogP contribution < -0.4 is 0 Å². The molecule has 0 aliphatic heterocycles. The zero-order chi connectivity index (χ0) is 13.0. The van der Waals surface area contributed by atoms with Crippen molar-refractivity contribution in [1.29, 1.82) is 0 Å². The van der Waals surface area contributed by atoms with Crippen molar-refractivity contribution < 1.29 is 4.79 Å². The maximum absolute atomic E-state index is 12.2. The fourth-order valence-electron chi connectivity index (χ4n) is 1.91. The third-order valence-corrected chi connectivity index (χ3v) is 3.07. The Kier molecular flexibility index (Phi) is 4.11. The molecule has 0 atom stereocenters. The summed E-state index contributed by atoms with van der Waals surface area (Å²) in [6.45, 7) is 2.02. The molecular weight excluding hydrogens is 246 g/mol. The van der Waals surface area contributed by atoms with Crippen LogP contribution in [0.4, 0.5) is 0 Å². The van der Waals surface area contributed by atoms with Gasteiger partial charge in [0.05, 0.1) is 0 Å². The summed E-state index contributed by atoms with van der Waals surface area (Å²) >= 11 is 5.91. The van der Waals surface area contributed by atoms with E-state index in [0.717, 1.165) is 23.1 Å². The van der Waals surface area contributed by atoms with E-state index < -0.39 is 0 Å². The lowest BCUT2D eigenvalue weighted by Crippen LogP contribution is -2.07. The molecule has 0 spiro atoms. The number of carbonyl (C=O) groups is 1. The Morgan fingerprint density at radius 3 is 2.89 bits per heavy atom. The van der Waals surface area contributed by atoms with Crippen LogP contribution in [0.5, 0.6) is 0 Å². The maximum Gasteiger partial charge on any atom is 0.167 e. The molecule has 0 radical (unpaired) electrons. The molecule has 0 aliphatic rings. The number of hydrogen-bond donors (Lipinski definition) is 0. The van der Waals surface area contributed by atoms with E-state index >= 15 is 0 Å². The van der Waals surface area contributed by atoms with Crippen LogP contribution in [0.3, 0.4) is 0 Å². The van der Waals surface area contributed by atoms with Gasteiger partial charge in [-0.05, 0) is 35.7 Å². The second kappa shape index (κ2) is 5.78. The molecule has 0 fully saturated rings. The summed E-state index contributed by atoms with van der Waals surface area (Å²) in [4.78, 5) is 16.3. The molecule has 2 aromatic rings. The fraction of sp³-hybridized carbons (Fsp3) is 0.200. The van der Waals surface area contributed by atoms with E-state index in [1.54, 1.807) is 24.5 Å². The van der Waals surface area contributed by atoms with Crippen LogP contribution in [0, 0.1) is 0 Å². The van der Waals surface area contributed by atoms with Crippen LogP contribution in [0.15, 0.2) is 42.7 Å². The lowest BCUT2D eigenvalue weighted by Gasteiger charge is -2.06. The molecule has 1 aromatic heterocycles. The Morgan fingerprint density at radius 1 is 1.33 bits per heavy atom. The van der Waals surface area contributed by atoms with Crippen LogP contribution in [-0.2, 0) is 12.8 Å². The number of Topliss-reactive ketones (excluding diaryl/α,β-unsaturated/α-hetero) is 1. The number of aryl methyl sites for hydroxylation is 1. The third-order valence-electron chi connectivity index (χ3n) is 2.84. The number of benzene rings is 1. The summed E-state index contributed by atoms with van der Waals surface area (Å²) in [5, 5.41) is 0.658. The summed E-state index contributed by atoms with van der Waals surface area (Å²) in [5.41, 5.74) is 2.68. The van der Waals surface area contributed by atoms with E-state index in [1.165, 1.54) is 0 Å². The average molecular weight is 260 g/mol. The number of ketones is 1. The number of pyridine rings is 1. The maximum atomic E-state index is 12.2. The molecule has 2 rings (SSSR count). The summed E-state index contributed by atoms with van der Waals surface area (Å²) in [6.07, 6.45) is 4.59. The van der Waals surface area contributed by atoms with E-state index in [9.17, 15) is 4.79 Å². The normalized spacial score (nSPS) is 10.3. The van der Waals surface area contributed by atoms with Crippen molar-refractivity contribution in [2.45, 2.75) is 19.8 Å². The molecule has 0 saturated carbocycles. The Hall–Kier alpha value is -1.67. The summed E-state index contributed by atoms with van der Waals surface area (Å²) in [6, 6.07) is 9.19. The molecule has 1 heterocycles. The molecule has 18 heavy (non-hydrogen) atoms. The number of aromatic nitrogens is 1. The number of nitrogens with zero attached hydrogens (tertiary/aromatic N) is 1. The predicted octanol–water partition coefficient (Wildman–Crippen LogP) is 3.72. The molecule has 1 aromatic carbocycles. The van der Waals surface area contributed by atoms with Crippen LogP contribution >= 0.6 is 11.6 Å². The molecule has 2 nitrogen and oxygen atoms in total. The number of carbonyl (C=O) groups excluding carboxylic acids is 1. The Balaban J connectivity index is 2.22. The highest BCUT2D eigenvalue weighted by molar-refractivity contribution is 6.30. The van der Waals surface area contributed by atoms with Crippen molar-refractivity contribution in [2.75, 3.05) is 0 Å². The van der Waals surface area contributed by atoms with Gasteiger partial charge in [-0.3, -0.25) is 9.78 Å². The lowest BCUT2D eigenvalue weighted by molar-refractivity contribution is 0.0992. The largest absolute Gasteiger partial charge is 0.294 e. The van der Waals surface area contributed by atoms with Crippen molar-refractivity contribution in [3.8, 4) is 0 Å². The van der Waals surface area contributed by atoms with Gasteiger partial charge in [-0.25, -0.2) is 0 Å². The summed E-state index contributed by atoms with van der Waals surface area (Å²) in [5.74, 6) is 0.108. The predicted molar refractivity (Wildman–Crippen MR) is 73.1 cm³/mol. The second-order valence-electron chi connectivity index (χ2n) is 4.12. The molecule has 0 saturated heterocycles. The first-order valence-corrected chi connectivity index (χ1v) is 6.29. The number of halogens is 1. The molecule has 0 unspecified atom stereocenters. The Bertz CT molecular complexity index is 566. The average Bonchev–Trinajstić information content (AvgIpc) is 2.38. The van der Waals surface area contributed by atoms with Crippen LogP contribution in [0.2, 0.25) is 5.02 Å². The summed E-state index contributed by atoms with van der Waals surface area (Å²) in [7, 11) is 0. The van der Waals surface area contributed by atoms with Gasteiger partial charge in [0.2, 0.25) is 0 Å². The van der Waals surface area contributed by atoms with Crippen molar-refractivity contribution in [3.05, 3.63) is 64.4 Å². The second-order valence-corrected chi connectivity index (χ2v) is 4.55. The van der Waals surface area contributed by atoms with Gasteiger partial charge in [-0.1, -0.05) is 30.7 Å². The molecule has 92 valence electrons. The quantitative estimate of drug-likeness (QED) is 0.784. The zero-order valence-corrected chi connectivity index (χ0v) is 10.9. The van der Waals surface area contributed by atoms with Crippen molar-refractivity contribution in [1.82, 2.24) is 4.98 Å². The molecule has 0 aliphatic carbocycles. The van der Waals surface area contributed by atoms with Crippen LogP contribution in [-0.4, -0.2) is 10.8 Å². The van der Waals surface area contributed by atoms with Gasteiger partial charge in [0.15, 0.2) is 5.78 Å². The van der Waals surface area contributed by atoms with E-state index in [0.29, 0.717) is 11.4 Å². The minimum absolute atomic E-state index is 0.108. The van der Waals surface area contributed by atoms with Gasteiger partial charge < -0.3 is 0 Å². The van der Waals surface area contributed by atoms with Gasteiger partial charge in [0.25, 0.3) is 0 Å². The molecule has 0 N–H and O–H groups in total. The Morgan fingerprint density at radius 2 is 2.17 bits per heavy atom. The monoisotopic (exact) mass is 259 g/mol. The third kappa shape index (κ3) is 2.96. The molecule has 0 bridgehead atoms. The highest BCUT2D eigenvalue weighted by Gasteiger charge is 2.11. The highest BCUT2D eigenvalue weighted by atomic mass is 35.5. The van der Waals surface area contributed by atoms with E-state index in [-0.39, 0.29) is 5.78 Å². The van der Waals surface area contributed by atoms with E-state index in [2.05, 4.69) is 4.98 Å². The number of hydrogen-bond acceptors (Lipinski definition) is 2. The van der Waals surface area contributed by atoms with Gasteiger partial charge in [0.1, 0.15) is 0 Å². The van der Waals surface area contributed by atoms with E-state index in [1.807, 2.05) is 25.1 Å². The van der Waals surface area contributed by atoms with Crippen LogP contribution in [0.25, 0.3) is 0 Å². The van der Waals surface area contributed by atoms with Gasteiger partial charge in [-0.2, -0.15) is 0 Å². The molecule has 0 amide bonds. The number of rotatable bonds is 4. The topological polar surface area (TPSA) is 30.0 Å². The fourth-order valence-corrected chi connectivity index (χ4v) is 2.12. The summed E-state index contributed by atoms with van der Waals surface area (Å²) < 4.78 is 0. The standard InChI is InChI=1S/C15H14ClNO/c1-2-12-10-17-7-6-14(12)15(18)9-11-4-3-5-13(16)8-11/h3-8,10H,2,9H2,1H3. The van der Waals surface area contributed by atoms with Gasteiger partial charge >= 0.3 is 0 Å². The minimum atomic E-state index is 0.108. The SMILES string of the molecule is CCc1cnccc1C(=O)Cc1cccc(Cl)c1. The Labute approximate surface area is 112 Å². The van der Waals surface area contributed by atoms with Crippen molar-refractivity contribution in [3.63, 3.8) is 0 Å². The zero-order valence-electron chi connectivity index (χ0n) is 10.2. The minimum Gasteiger partial charge on any atom is -0.294 e. The highest BCUT2D eigenvalue weighted by Crippen LogP contribution is 2.15. The van der Waals surface area contributed by atoms with Crippen molar-refractivity contribution >= 4 is 17.4 Å². The molecule has 3 heteroatoms. The first-order chi connectivity index (χ1) is 8.70. The van der Waals surface area contributed by atoms with Crippen LogP contribution in [0.1, 0.15) is 28.4 Å². The van der Waals surface area contributed by atoms with Gasteiger partial charge in [0, 0.05) is 29.4 Å². The first kappa shape index (κ1) is 12.8. The molecular formula is C15H14ClNO. The smallest absolute Gasteiger partial charge is 0.167 e. The van der Waals surface area contributed by atoms with Gasteiger partial charge in [-0.15, -0.1) is 0 Å². The first-order valence-electron chi connectivity index (χ1n) is 5.91. The van der Waals surface area contributed by atoms with E-state index in [4.69, 9.17) is 11.6 Å². The lowest BCUT2D eigenvalue weighted by atomic mass is 9.99.